The molecule has 0 aliphatic heterocycles. The Morgan fingerprint density at radius 1 is 1.22 bits per heavy atom. The highest BCUT2D eigenvalue weighted by atomic mass is 16.5. The Balaban J connectivity index is 1.75. The number of methoxy groups -OCH3 is 2. The summed E-state index contributed by atoms with van der Waals surface area (Å²) in [5.74, 6) is 1.32. The molecule has 0 atom stereocenters. The smallest absolute Gasteiger partial charge is 0.274 e. The Hall–Kier alpha value is -2.83. The Morgan fingerprint density at radius 2 is 2.04 bits per heavy atom. The van der Waals surface area contributed by atoms with Crippen LogP contribution in [0.4, 0.5) is 11.6 Å². The lowest BCUT2D eigenvalue weighted by atomic mass is 10.2. The van der Waals surface area contributed by atoms with Crippen LogP contribution < -0.4 is 20.1 Å². The van der Waals surface area contributed by atoms with Crippen LogP contribution in [0.5, 0.6) is 11.5 Å². The van der Waals surface area contributed by atoms with Gasteiger partial charge in [0.25, 0.3) is 5.91 Å². The van der Waals surface area contributed by atoms with E-state index < -0.39 is 0 Å². The summed E-state index contributed by atoms with van der Waals surface area (Å²) in [7, 11) is 3.11. The molecule has 1 saturated carbocycles. The van der Waals surface area contributed by atoms with Gasteiger partial charge in [0, 0.05) is 18.3 Å². The summed E-state index contributed by atoms with van der Waals surface area (Å²) in [4.78, 5) is 20.7. The molecule has 23 heavy (non-hydrogen) atoms. The minimum Gasteiger partial charge on any atom is -0.497 e. The van der Waals surface area contributed by atoms with Crippen molar-refractivity contribution < 1.29 is 14.3 Å². The van der Waals surface area contributed by atoms with Crippen LogP contribution in [0.15, 0.2) is 30.5 Å². The number of ether oxygens (including phenoxy) is 2. The molecule has 1 aromatic heterocycles. The number of hydrogen-bond donors (Lipinski definition) is 2. The van der Waals surface area contributed by atoms with Gasteiger partial charge in [-0.3, -0.25) is 4.79 Å². The highest BCUT2D eigenvalue weighted by Gasteiger charge is 2.22. The number of carbonyl (C=O) groups excluding carboxylic acids is 1. The normalized spacial score (nSPS) is 13.3. The molecule has 0 spiro atoms. The maximum absolute atomic E-state index is 12.4. The van der Waals surface area contributed by atoms with Gasteiger partial charge in [0.05, 0.1) is 19.9 Å². The molecule has 3 rings (SSSR count). The van der Waals surface area contributed by atoms with Gasteiger partial charge in [-0.1, -0.05) is 0 Å². The van der Waals surface area contributed by atoms with Gasteiger partial charge in [-0.25, -0.2) is 9.97 Å². The van der Waals surface area contributed by atoms with Gasteiger partial charge >= 0.3 is 0 Å². The molecule has 0 radical (unpaired) electrons. The van der Waals surface area contributed by atoms with Crippen LogP contribution in [0, 0.1) is 0 Å². The zero-order chi connectivity index (χ0) is 16.2. The highest BCUT2D eigenvalue weighted by Crippen LogP contribution is 2.29. The molecule has 0 unspecified atom stereocenters. The van der Waals surface area contributed by atoms with E-state index in [-0.39, 0.29) is 5.91 Å². The lowest BCUT2D eigenvalue weighted by molar-refractivity contribution is 0.102. The summed E-state index contributed by atoms with van der Waals surface area (Å²) >= 11 is 0. The molecule has 2 N–H and O–H groups in total. The van der Waals surface area contributed by atoms with Crippen molar-refractivity contribution in [1.29, 1.82) is 0 Å². The molecule has 7 nitrogen and oxygen atoms in total. The van der Waals surface area contributed by atoms with Crippen molar-refractivity contribution >= 4 is 17.5 Å². The van der Waals surface area contributed by atoms with Crippen LogP contribution in [-0.2, 0) is 0 Å². The number of hydrogen-bond acceptors (Lipinski definition) is 6. The molecule has 1 heterocycles. The average molecular weight is 314 g/mol. The third-order valence-electron chi connectivity index (χ3n) is 3.46. The number of rotatable bonds is 6. The van der Waals surface area contributed by atoms with Gasteiger partial charge in [0.2, 0.25) is 5.95 Å². The van der Waals surface area contributed by atoms with Crippen molar-refractivity contribution in [3.63, 3.8) is 0 Å². The first kappa shape index (κ1) is 15.1. The van der Waals surface area contributed by atoms with Crippen LogP contribution in [0.2, 0.25) is 0 Å². The third kappa shape index (κ3) is 3.68. The minimum atomic E-state index is -0.324. The fourth-order valence-electron chi connectivity index (χ4n) is 2.05. The molecule has 7 heteroatoms. The predicted molar refractivity (Wildman–Crippen MR) is 86.2 cm³/mol. The van der Waals surface area contributed by atoms with Crippen LogP contribution in [-0.4, -0.2) is 36.1 Å². The van der Waals surface area contributed by atoms with Gasteiger partial charge in [0.15, 0.2) is 0 Å². The van der Waals surface area contributed by atoms with E-state index in [1.807, 2.05) is 0 Å². The Labute approximate surface area is 134 Å². The van der Waals surface area contributed by atoms with E-state index >= 15 is 0 Å². The fourth-order valence-corrected chi connectivity index (χ4v) is 2.05. The molecule has 2 aromatic rings. The van der Waals surface area contributed by atoms with Crippen molar-refractivity contribution in [1.82, 2.24) is 9.97 Å². The summed E-state index contributed by atoms with van der Waals surface area (Å²) in [5.41, 5.74) is 0.842. The van der Waals surface area contributed by atoms with Crippen molar-refractivity contribution in [2.75, 3.05) is 24.9 Å². The summed E-state index contributed by atoms with van der Waals surface area (Å²) < 4.78 is 10.4. The first-order chi connectivity index (χ1) is 11.2. The molecule has 1 amide bonds. The number of carbonyl (C=O) groups is 1. The molecular weight excluding hydrogens is 296 g/mol. The summed E-state index contributed by atoms with van der Waals surface area (Å²) in [6, 6.07) is 7.17. The van der Waals surface area contributed by atoms with Gasteiger partial charge in [0.1, 0.15) is 17.2 Å². The molecule has 1 fully saturated rings. The zero-order valence-electron chi connectivity index (χ0n) is 13.0. The largest absolute Gasteiger partial charge is 0.497 e. The van der Waals surface area contributed by atoms with E-state index in [9.17, 15) is 4.79 Å². The van der Waals surface area contributed by atoms with Crippen LogP contribution in [0.3, 0.4) is 0 Å². The summed E-state index contributed by atoms with van der Waals surface area (Å²) in [6.45, 7) is 0. The molecule has 1 aromatic carbocycles. The third-order valence-corrected chi connectivity index (χ3v) is 3.46. The van der Waals surface area contributed by atoms with Gasteiger partial charge in [-0.05, 0) is 31.0 Å². The summed E-state index contributed by atoms with van der Waals surface area (Å²) in [6.07, 6.45) is 3.80. The molecule has 120 valence electrons. The number of amides is 1. The van der Waals surface area contributed by atoms with Crippen LogP contribution in [0.25, 0.3) is 0 Å². The van der Waals surface area contributed by atoms with Crippen molar-refractivity contribution in [2.45, 2.75) is 18.9 Å². The number of nitrogens with zero attached hydrogens (tertiary/aromatic N) is 2. The van der Waals surface area contributed by atoms with Crippen molar-refractivity contribution in [3.05, 3.63) is 36.2 Å². The van der Waals surface area contributed by atoms with Crippen molar-refractivity contribution in [3.8, 4) is 11.5 Å². The van der Waals surface area contributed by atoms with Gasteiger partial charge < -0.3 is 20.1 Å². The number of anilines is 2. The van der Waals surface area contributed by atoms with E-state index in [2.05, 4.69) is 20.6 Å². The molecular formula is C16H18N4O3. The second-order valence-corrected chi connectivity index (χ2v) is 5.20. The lowest BCUT2D eigenvalue weighted by Crippen LogP contribution is -2.16. The number of benzene rings is 1. The first-order valence-corrected chi connectivity index (χ1v) is 7.32. The maximum atomic E-state index is 12.4. The van der Waals surface area contributed by atoms with E-state index in [1.165, 1.54) is 7.11 Å². The molecule has 0 bridgehead atoms. The summed E-state index contributed by atoms with van der Waals surface area (Å²) in [5, 5.41) is 5.96. The van der Waals surface area contributed by atoms with E-state index in [1.54, 1.807) is 37.6 Å². The fraction of sp³-hybridized carbons (Fsp3) is 0.312. The first-order valence-electron chi connectivity index (χ1n) is 7.32. The van der Waals surface area contributed by atoms with E-state index in [0.29, 0.717) is 34.9 Å². The Kier molecular flexibility index (Phi) is 4.27. The predicted octanol–water partition coefficient (Wildman–Crippen LogP) is 2.32. The monoisotopic (exact) mass is 314 g/mol. The molecule has 0 saturated heterocycles. The van der Waals surface area contributed by atoms with Crippen LogP contribution in [0.1, 0.15) is 23.3 Å². The van der Waals surface area contributed by atoms with Crippen molar-refractivity contribution in [2.24, 2.45) is 0 Å². The standard InChI is InChI=1S/C16H18N4O3/c1-22-11-5-6-12(14(9-11)23-2)19-15(21)13-7-8-17-16(20-13)18-10-3-4-10/h5-10H,3-4H2,1-2H3,(H,19,21)(H,17,18,20). The quantitative estimate of drug-likeness (QED) is 0.851. The molecule has 1 aliphatic carbocycles. The van der Waals surface area contributed by atoms with Crippen LogP contribution >= 0.6 is 0 Å². The van der Waals surface area contributed by atoms with Gasteiger partial charge in [-0.2, -0.15) is 0 Å². The number of aromatic nitrogens is 2. The number of nitrogens with one attached hydrogen (secondary N) is 2. The second kappa shape index (κ2) is 6.51. The SMILES string of the molecule is COc1ccc(NC(=O)c2ccnc(NC3CC3)n2)c(OC)c1. The average Bonchev–Trinajstić information content (AvgIpc) is 3.39. The lowest BCUT2D eigenvalue weighted by Gasteiger charge is -2.11. The van der Waals surface area contributed by atoms with Gasteiger partial charge in [-0.15, -0.1) is 0 Å². The van der Waals surface area contributed by atoms with E-state index in [4.69, 9.17) is 9.47 Å². The Morgan fingerprint density at radius 3 is 2.74 bits per heavy atom. The second-order valence-electron chi connectivity index (χ2n) is 5.20. The minimum absolute atomic E-state index is 0.293. The highest BCUT2D eigenvalue weighted by molar-refractivity contribution is 6.03. The maximum Gasteiger partial charge on any atom is 0.274 e. The molecule has 1 aliphatic rings. The Bertz CT molecular complexity index is 716. The zero-order valence-corrected chi connectivity index (χ0v) is 13.0. The van der Waals surface area contributed by atoms with E-state index in [0.717, 1.165) is 12.8 Å². The topological polar surface area (TPSA) is 85.4 Å².